The minimum Gasteiger partial charge on any atom is -0.455 e. The van der Waals surface area contributed by atoms with E-state index in [4.69, 9.17) is 39.5 Å². The van der Waals surface area contributed by atoms with Crippen LogP contribution in [0, 0.1) is 0 Å². The number of benzene rings is 2. The average Bonchev–Trinajstić information content (AvgIpc) is 2.56. The Morgan fingerprint density at radius 2 is 1.75 bits per heavy atom. The van der Waals surface area contributed by atoms with E-state index in [-0.39, 0.29) is 10.8 Å². The molecule has 0 atom stereocenters. The Balaban J connectivity index is 1.75. The summed E-state index contributed by atoms with van der Waals surface area (Å²) in [6.45, 7) is -0.400. The Morgan fingerprint density at radius 1 is 1.04 bits per heavy atom. The number of thioether (sulfide) groups is 1. The van der Waals surface area contributed by atoms with Crippen LogP contribution in [-0.2, 0) is 14.3 Å². The molecule has 0 saturated heterocycles. The van der Waals surface area contributed by atoms with Crippen molar-refractivity contribution in [1.29, 1.82) is 0 Å². The maximum Gasteiger partial charge on any atom is 0.316 e. The van der Waals surface area contributed by atoms with Crippen molar-refractivity contribution < 1.29 is 14.3 Å². The van der Waals surface area contributed by atoms with Gasteiger partial charge in [0.05, 0.1) is 21.5 Å². The molecule has 0 spiro atoms. The Labute approximate surface area is 158 Å². The van der Waals surface area contributed by atoms with E-state index in [0.717, 1.165) is 4.90 Å². The van der Waals surface area contributed by atoms with Crippen LogP contribution in [0.4, 0.5) is 5.69 Å². The molecule has 8 heteroatoms. The summed E-state index contributed by atoms with van der Waals surface area (Å²) in [5.41, 5.74) is 0.362. The van der Waals surface area contributed by atoms with E-state index >= 15 is 0 Å². The summed E-state index contributed by atoms with van der Waals surface area (Å²) in [6.07, 6.45) is 0. The van der Waals surface area contributed by atoms with Crippen molar-refractivity contribution in [3.05, 3.63) is 57.5 Å². The minimum absolute atomic E-state index is 0.0901. The summed E-state index contributed by atoms with van der Waals surface area (Å²) in [5.74, 6) is -0.904. The second kappa shape index (κ2) is 9.18. The molecule has 0 heterocycles. The number of anilines is 1. The molecule has 126 valence electrons. The van der Waals surface area contributed by atoms with Crippen molar-refractivity contribution in [2.24, 2.45) is 0 Å². The molecule has 2 rings (SSSR count). The largest absolute Gasteiger partial charge is 0.455 e. The molecular formula is C16H12Cl3NO3S. The van der Waals surface area contributed by atoms with E-state index in [1.54, 1.807) is 42.5 Å². The highest BCUT2D eigenvalue weighted by Gasteiger charge is 2.11. The third-order valence-corrected chi connectivity index (χ3v) is 4.82. The van der Waals surface area contributed by atoms with Crippen molar-refractivity contribution in [2.45, 2.75) is 4.90 Å². The van der Waals surface area contributed by atoms with E-state index < -0.39 is 18.5 Å². The highest BCUT2D eigenvalue weighted by molar-refractivity contribution is 8.00. The van der Waals surface area contributed by atoms with Gasteiger partial charge < -0.3 is 10.1 Å². The molecule has 0 radical (unpaired) electrons. The number of hydrogen-bond acceptors (Lipinski definition) is 4. The number of rotatable bonds is 6. The van der Waals surface area contributed by atoms with Crippen LogP contribution in [0.15, 0.2) is 47.4 Å². The second-order valence-corrected chi connectivity index (χ2v) is 6.82. The lowest BCUT2D eigenvalue weighted by Crippen LogP contribution is -2.21. The summed E-state index contributed by atoms with van der Waals surface area (Å²) in [4.78, 5) is 24.3. The third-order valence-electron chi connectivity index (χ3n) is 2.76. The number of amides is 1. The standard InChI is InChI=1S/C16H12Cl3NO3S/c17-10-4-6-11(7-5-10)24-9-15(22)23-8-14(21)20-13-3-1-2-12(18)16(13)19/h1-7H,8-9H2,(H,20,21). The third kappa shape index (κ3) is 5.91. The zero-order chi connectivity index (χ0) is 17.5. The molecule has 2 aromatic rings. The second-order valence-electron chi connectivity index (χ2n) is 4.55. The minimum atomic E-state index is -0.498. The summed E-state index contributed by atoms with van der Waals surface area (Å²) in [5, 5.41) is 3.71. The van der Waals surface area contributed by atoms with Crippen LogP contribution in [0.25, 0.3) is 0 Å². The number of ether oxygens (including phenoxy) is 1. The van der Waals surface area contributed by atoms with E-state index in [1.165, 1.54) is 11.8 Å². The molecule has 0 saturated carbocycles. The maximum atomic E-state index is 11.8. The van der Waals surface area contributed by atoms with Gasteiger partial charge in [0.1, 0.15) is 0 Å². The van der Waals surface area contributed by atoms with Gasteiger partial charge in [0, 0.05) is 9.92 Å². The number of halogens is 3. The Morgan fingerprint density at radius 3 is 2.46 bits per heavy atom. The van der Waals surface area contributed by atoms with Gasteiger partial charge in [-0.25, -0.2) is 0 Å². The van der Waals surface area contributed by atoms with Crippen LogP contribution >= 0.6 is 46.6 Å². The molecule has 0 bridgehead atoms. The lowest BCUT2D eigenvalue weighted by molar-refractivity contribution is -0.144. The first-order valence-corrected chi connectivity index (χ1v) is 8.85. The van der Waals surface area contributed by atoms with Crippen molar-refractivity contribution in [2.75, 3.05) is 17.7 Å². The zero-order valence-electron chi connectivity index (χ0n) is 12.2. The molecule has 1 amide bonds. The predicted molar refractivity (Wildman–Crippen MR) is 98.2 cm³/mol. The molecule has 0 aliphatic rings. The number of esters is 1. The van der Waals surface area contributed by atoms with Crippen molar-refractivity contribution in [1.82, 2.24) is 0 Å². The number of carbonyl (C=O) groups excluding carboxylic acids is 2. The van der Waals surface area contributed by atoms with Crippen LogP contribution < -0.4 is 5.32 Å². The smallest absolute Gasteiger partial charge is 0.316 e. The van der Waals surface area contributed by atoms with Gasteiger partial charge in [0.25, 0.3) is 5.91 Å². The van der Waals surface area contributed by atoms with Crippen LogP contribution in [0.2, 0.25) is 15.1 Å². The SMILES string of the molecule is O=C(COC(=O)CSc1ccc(Cl)cc1)Nc1cccc(Cl)c1Cl. The Kier molecular flexibility index (Phi) is 7.24. The predicted octanol–water partition coefficient (Wildman–Crippen LogP) is 4.92. The van der Waals surface area contributed by atoms with Gasteiger partial charge in [0.15, 0.2) is 6.61 Å². The molecule has 0 unspecified atom stereocenters. The molecule has 0 aliphatic heterocycles. The first-order valence-electron chi connectivity index (χ1n) is 6.73. The summed E-state index contributed by atoms with van der Waals surface area (Å²) >= 11 is 18.9. The van der Waals surface area contributed by atoms with Gasteiger partial charge in [0.2, 0.25) is 0 Å². The van der Waals surface area contributed by atoms with E-state index in [1.807, 2.05) is 0 Å². The summed E-state index contributed by atoms with van der Waals surface area (Å²) in [7, 11) is 0. The van der Waals surface area contributed by atoms with E-state index in [9.17, 15) is 9.59 Å². The quantitative estimate of drug-likeness (QED) is 0.548. The molecule has 4 nitrogen and oxygen atoms in total. The van der Waals surface area contributed by atoms with Crippen molar-refractivity contribution in [3.63, 3.8) is 0 Å². The number of nitrogens with one attached hydrogen (secondary N) is 1. The lowest BCUT2D eigenvalue weighted by Gasteiger charge is -2.08. The van der Waals surface area contributed by atoms with Crippen molar-refractivity contribution >= 4 is 64.1 Å². The average molecular weight is 405 g/mol. The highest BCUT2D eigenvalue weighted by Crippen LogP contribution is 2.29. The fourth-order valence-corrected chi connectivity index (χ4v) is 2.82. The fraction of sp³-hybridized carbons (Fsp3) is 0.125. The number of hydrogen-bond donors (Lipinski definition) is 1. The zero-order valence-corrected chi connectivity index (χ0v) is 15.3. The van der Waals surface area contributed by atoms with Gasteiger partial charge in [-0.3, -0.25) is 9.59 Å². The molecule has 0 aromatic heterocycles. The lowest BCUT2D eigenvalue weighted by atomic mass is 10.3. The molecule has 24 heavy (non-hydrogen) atoms. The molecule has 0 fully saturated rings. The topological polar surface area (TPSA) is 55.4 Å². The Bertz CT molecular complexity index is 738. The monoisotopic (exact) mass is 403 g/mol. The normalized spacial score (nSPS) is 10.3. The van der Waals surface area contributed by atoms with Crippen LogP contribution in [0.5, 0.6) is 0 Å². The van der Waals surface area contributed by atoms with Gasteiger partial charge >= 0.3 is 5.97 Å². The summed E-state index contributed by atoms with van der Waals surface area (Å²) in [6, 6.07) is 11.9. The van der Waals surface area contributed by atoms with Crippen LogP contribution in [0.3, 0.4) is 0 Å². The Hall–Kier alpha value is -1.40. The molecule has 2 aromatic carbocycles. The van der Waals surface area contributed by atoms with Gasteiger partial charge in [-0.15, -0.1) is 11.8 Å². The molecular weight excluding hydrogens is 393 g/mol. The van der Waals surface area contributed by atoms with Gasteiger partial charge in [-0.2, -0.15) is 0 Å². The molecule has 1 N–H and O–H groups in total. The summed E-state index contributed by atoms with van der Waals surface area (Å²) < 4.78 is 4.92. The first-order chi connectivity index (χ1) is 11.5. The molecule has 0 aliphatic carbocycles. The highest BCUT2D eigenvalue weighted by atomic mass is 35.5. The van der Waals surface area contributed by atoms with Gasteiger partial charge in [-0.05, 0) is 36.4 Å². The number of carbonyl (C=O) groups is 2. The van der Waals surface area contributed by atoms with Gasteiger partial charge in [-0.1, -0.05) is 40.9 Å². The van der Waals surface area contributed by atoms with Crippen molar-refractivity contribution in [3.8, 4) is 0 Å². The first kappa shape index (κ1) is 18.9. The van der Waals surface area contributed by atoms with Crippen LogP contribution in [-0.4, -0.2) is 24.2 Å². The van der Waals surface area contributed by atoms with E-state index in [0.29, 0.717) is 15.7 Å². The van der Waals surface area contributed by atoms with Crippen LogP contribution in [0.1, 0.15) is 0 Å². The fourth-order valence-electron chi connectivity index (χ4n) is 1.65. The van der Waals surface area contributed by atoms with E-state index in [2.05, 4.69) is 5.32 Å². The maximum absolute atomic E-state index is 11.8.